The highest BCUT2D eigenvalue weighted by Crippen LogP contribution is 2.04. The van der Waals surface area contributed by atoms with Crippen molar-refractivity contribution in [3.8, 4) is 0 Å². The predicted octanol–water partition coefficient (Wildman–Crippen LogP) is 1.31. The van der Waals surface area contributed by atoms with Crippen LogP contribution in [0.1, 0.15) is 19.8 Å². The van der Waals surface area contributed by atoms with Gasteiger partial charge >= 0.3 is 0 Å². The molecule has 0 radical (unpaired) electrons. The van der Waals surface area contributed by atoms with Crippen LogP contribution < -0.4 is 10.9 Å². The van der Waals surface area contributed by atoms with Gasteiger partial charge in [0.1, 0.15) is 6.54 Å². The molecule has 0 atom stereocenters. The van der Waals surface area contributed by atoms with Gasteiger partial charge in [-0.1, -0.05) is 25.5 Å². The number of nitrogens with one attached hydrogen (secondary N) is 1. The molecule has 2 aromatic rings. The molecule has 1 N–H and O–H groups in total. The van der Waals surface area contributed by atoms with Crippen LogP contribution in [0.5, 0.6) is 0 Å². The number of rotatable bonds is 5. The molecule has 100 valence electrons. The Morgan fingerprint density at radius 2 is 2.16 bits per heavy atom. The molecule has 1 aromatic carbocycles. The SMILES string of the molecule is CCCCNC(=O)Cn1cnc2ccccc2c1=O. The minimum Gasteiger partial charge on any atom is -0.355 e. The molecular formula is C14H17N3O2. The molecular weight excluding hydrogens is 242 g/mol. The Labute approximate surface area is 111 Å². The summed E-state index contributed by atoms with van der Waals surface area (Å²) in [5.41, 5.74) is 0.464. The van der Waals surface area contributed by atoms with E-state index in [0.717, 1.165) is 12.8 Å². The number of fused-ring (bicyclic) bond motifs is 1. The lowest BCUT2D eigenvalue weighted by molar-refractivity contribution is -0.121. The molecule has 1 heterocycles. The van der Waals surface area contributed by atoms with Gasteiger partial charge in [0.25, 0.3) is 5.56 Å². The van der Waals surface area contributed by atoms with Crippen molar-refractivity contribution in [2.45, 2.75) is 26.3 Å². The summed E-state index contributed by atoms with van der Waals surface area (Å²) in [6.07, 6.45) is 3.39. The number of benzene rings is 1. The Morgan fingerprint density at radius 1 is 1.37 bits per heavy atom. The van der Waals surface area contributed by atoms with Gasteiger partial charge in [-0.15, -0.1) is 0 Å². The first-order chi connectivity index (χ1) is 9.22. The Balaban J connectivity index is 2.15. The summed E-state index contributed by atoms with van der Waals surface area (Å²) in [5, 5.41) is 3.31. The Kier molecular flexibility index (Phi) is 4.28. The molecule has 0 fully saturated rings. The van der Waals surface area contributed by atoms with Crippen LogP contribution in [0.4, 0.5) is 0 Å². The van der Waals surface area contributed by atoms with Crippen molar-refractivity contribution >= 4 is 16.8 Å². The smallest absolute Gasteiger partial charge is 0.261 e. The lowest BCUT2D eigenvalue weighted by Gasteiger charge is -2.07. The molecule has 5 nitrogen and oxygen atoms in total. The van der Waals surface area contributed by atoms with E-state index in [4.69, 9.17) is 0 Å². The number of hydrogen-bond donors (Lipinski definition) is 1. The zero-order chi connectivity index (χ0) is 13.7. The predicted molar refractivity (Wildman–Crippen MR) is 73.9 cm³/mol. The van der Waals surface area contributed by atoms with Crippen LogP contribution in [-0.4, -0.2) is 22.0 Å². The van der Waals surface area contributed by atoms with E-state index >= 15 is 0 Å². The van der Waals surface area contributed by atoms with Crippen molar-refractivity contribution in [3.63, 3.8) is 0 Å². The summed E-state index contributed by atoms with van der Waals surface area (Å²) in [4.78, 5) is 28.0. The molecule has 2 rings (SSSR count). The zero-order valence-corrected chi connectivity index (χ0v) is 10.9. The summed E-state index contributed by atoms with van der Waals surface area (Å²) in [6.45, 7) is 2.72. The Bertz CT molecular complexity index is 634. The largest absolute Gasteiger partial charge is 0.355 e. The molecule has 0 aliphatic carbocycles. The van der Waals surface area contributed by atoms with E-state index in [2.05, 4.69) is 17.2 Å². The monoisotopic (exact) mass is 259 g/mol. The van der Waals surface area contributed by atoms with Crippen LogP contribution in [0.3, 0.4) is 0 Å². The minimum atomic E-state index is -0.184. The highest BCUT2D eigenvalue weighted by atomic mass is 16.2. The van der Waals surface area contributed by atoms with Crippen LogP contribution in [0.15, 0.2) is 35.4 Å². The maximum atomic E-state index is 12.1. The van der Waals surface area contributed by atoms with Crippen LogP contribution in [0.25, 0.3) is 10.9 Å². The molecule has 0 aliphatic heterocycles. The maximum absolute atomic E-state index is 12.1. The number of amides is 1. The number of para-hydroxylation sites is 1. The number of carbonyl (C=O) groups excluding carboxylic acids is 1. The second-order valence-corrected chi connectivity index (χ2v) is 4.40. The highest BCUT2D eigenvalue weighted by molar-refractivity contribution is 5.78. The Morgan fingerprint density at radius 3 is 2.95 bits per heavy atom. The van der Waals surface area contributed by atoms with Crippen LogP contribution in [-0.2, 0) is 11.3 Å². The highest BCUT2D eigenvalue weighted by Gasteiger charge is 2.07. The maximum Gasteiger partial charge on any atom is 0.261 e. The normalized spacial score (nSPS) is 10.6. The molecule has 0 unspecified atom stereocenters. The van der Waals surface area contributed by atoms with E-state index in [-0.39, 0.29) is 18.0 Å². The van der Waals surface area contributed by atoms with Crippen molar-refractivity contribution in [3.05, 3.63) is 40.9 Å². The Hall–Kier alpha value is -2.17. The van der Waals surface area contributed by atoms with E-state index in [1.807, 2.05) is 6.07 Å². The summed E-state index contributed by atoms with van der Waals surface area (Å²) < 4.78 is 1.34. The first-order valence-corrected chi connectivity index (χ1v) is 6.43. The first-order valence-electron chi connectivity index (χ1n) is 6.43. The van der Waals surface area contributed by atoms with E-state index < -0.39 is 0 Å². The van der Waals surface area contributed by atoms with Gasteiger partial charge < -0.3 is 5.32 Å². The molecule has 5 heteroatoms. The number of unbranched alkanes of at least 4 members (excludes halogenated alkanes) is 1. The van der Waals surface area contributed by atoms with Crippen LogP contribution in [0.2, 0.25) is 0 Å². The lowest BCUT2D eigenvalue weighted by atomic mass is 10.2. The third-order valence-corrected chi connectivity index (χ3v) is 2.90. The summed E-state index contributed by atoms with van der Waals surface area (Å²) in [6, 6.07) is 7.12. The average molecular weight is 259 g/mol. The number of nitrogens with zero attached hydrogens (tertiary/aromatic N) is 2. The van der Waals surface area contributed by atoms with Gasteiger partial charge in [-0.3, -0.25) is 14.2 Å². The third-order valence-electron chi connectivity index (χ3n) is 2.90. The van der Waals surface area contributed by atoms with Crippen molar-refractivity contribution in [2.75, 3.05) is 6.54 Å². The summed E-state index contributed by atoms with van der Waals surface area (Å²) in [5.74, 6) is -0.160. The van der Waals surface area contributed by atoms with E-state index in [9.17, 15) is 9.59 Å². The molecule has 1 aromatic heterocycles. The fourth-order valence-electron chi connectivity index (χ4n) is 1.83. The molecule has 0 aliphatic rings. The van der Waals surface area contributed by atoms with Gasteiger partial charge in [0.2, 0.25) is 5.91 Å². The van der Waals surface area contributed by atoms with E-state index in [1.165, 1.54) is 10.9 Å². The quantitative estimate of drug-likeness (QED) is 0.823. The number of hydrogen-bond acceptors (Lipinski definition) is 3. The van der Waals surface area contributed by atoms with Gasteiger partial charge in [-0.25, -0.2) is 4.98 Å². The first kappa shape index (κ1) is 13.3. The fraction of sp³-hybridized carbons (Fsp3) is 0.357. The van der Waals surface area contributed by atoms with E-state index in [0.29, 0.717) is 17.4 Å². The van der Waals surface area contributed by atoms with Gasteiger partial charge in [0.15, 0.2) is 0 Å². The second kappa shape index (κ2) is 6.13. The van der Waals surface area contributed by atoms with Crippen molar-refractivity contribution in [1.29, 1.82) is 0 Å². The third kappa shape index (κ3) is 3.19. The fourth-order valence-corrected chi connectivity index (χ4v) is 1.83. The standard InChI is InChI=1S/C14H17N3O2/c1-2-3-8-15-13(18)9-17-10-16-12-7-5-4-6-11(12)14(17)19/h4-7,10H,2-3,8-9H2,1H3,(H,15,18). The molecule has 0 bridgehead atoms. The molecule has 0 saturated carbocycles. The van der Waals surface area contributed by atoms with Crippen LogP contribution >= 0.6 is 0 Å². The topological polar surface area (TPSA) is 64.0 Å². The summed E-state index contributed by atoms with van der Waals surface area (Å²) in [7, 11) is 0. The molecule has 19 heavy (non-hydrogen) atoms. The lowest BCUT2D eigenvalue weighted by Crippen LogP contribution is -2.32. The summed E-state index contributed by atoms with van der Waals surface area (Å²) >= 11 is 0. The van der Waals surface area contributed by atoms with Crippen molar-refractivity contribution < 1.29 is 4.79 Å². The van der Waals surface area contributed by atoms with Gasteiger partial charge in [0, 0.05) is 6.54 Å². The number of carbonyl (C=O) groups is 1. The molecule has 0 saturated heterocycles. The van der Waals surface area contributed by atoms with Gasteiger partial charge in [-0.2, -0.15) is 0 Å². The molecule has 1 amide bonds. The average Bonchev–Trinajstić information content (AvgIpc) is 2.43. The van der Waals surface area contributed by atoms with Gasteiger partial charge in [0.05, 0.1) is 17.2 Å². The number of aromatic nitrogens is 2. The van der Waals surface area contributed by atoms with Gasteiger partial charge in [-0.05, 0) is 18.6 Å². The zero-order valence-electron chi connectivity index (χ0n) is 10.9. The van der Waals surface area contributed by atoms with Crippen molar-refractivity contribution in [2.24, 2.45) is 0 Å². The second-order valence-electron chi connectivity index (χ2n) is 4.40. The van der Waals surface area contributed by atoms with Crippen molar-refractivity contribution in [1.82, 2.24) is 14.9 Å². The van der Waals surface area contributed by atoms with Crippen LogP contribution in [0, 0.1) is 0 Å². The van der Waals surface area contributed by atoms with E-state index in [1.54, 1.807) is 18.2 Å². The minimum absolute atomic E-state index is 0.0143. The molecule has 0 spiro atoms.